The zero-order valence-electron chi connectivity index (χ0n) is 15.2. The number of aliphatic imine (C=N–C) groups is 1. The Hall–Kier alpha value is -0.120. The van der Waals surface area contributed by atoms with Crippen LogP contribution in [-0.2, 0) is 0 Å². The van der Waals surface area contributed by atoms with Crippen molar-refractivity contribution in [2.75, 3.05) is 67.0 Å². The Labute approximate surface area is 159 Å². The largest absolute Gasteiger partial charge is 0.355 e. The number of halogens is 1. The smallest absolute Gasteiger partial charge is 0.191 e. The summed E-state index contributed by atoms with van der Waals surface area (Å²) >= 11 is 0. The summed E-state index contributed by atoms with van der Waals surface area (Å²) in [6.45, 7) is 10.0. The lowest BCUT2D eigenvalue weighted by atomic mass is 10.2. The molecule has 0 aliphatic carbocycles. The first-order valence-electron chi connectivity index (χ1n) is 8.71. The molecule has 136 valence electrons. The molecule has 2 rings (SSSR count). The van der Waals surface area contributed by atoms with E-state index in [1.165, 1.54) is 19.4 Å². The molecular weight excluding hydrogens is 403 g/mol. The van der Waals surface area contributed by atoms with Crippen molar-refractivity contribution >= 4 is 29.9 Å². The van der Waals surface area contributed by atoms with Gasteiger partial charge in [-0.1, -0.05) is 6.92 Å². The van der Waals surface area contributed by atoms with Gasteiger partial charge in [0.1, 0.15) is 0 Å². The van der Waals surface area contributed by atoms with E-state index in [0.29, 0.717) is 12.1 Å². The fourth-order valence-corrected chi connectivity index (χ4v) is 3.51. The molecule has 0 radical (unpaired) electrons. The minimum absolute atomic E-state index is 0. The number of likely N-dealkylation sites (tertiary alicyclic amines) is 1. The van der Waals surface area contributed by atoms with E-state index < -0.39 is 0 Å². The monoisotopic (exact) mass is 438 g/mol. The highest BCUT2D eigenvalue weighted by Gasteiger charge is 2.24. The predicted octanol–water partition coefficient (Wildman–Crippen LogP) is 0.500. The first kappa shape index (κ1) is 20.9. The van der Waals surface area contributed by atoms with E-state index in [1.807, 2.05) is 7.05 Å². The molecule has 0 spiro atoms. The van der Waals surface area contributed by atoms with Crippen molar-refractivity contribution < 1.29 is 0 Å². The summed E-state index contributed by atoms with van der Waals surface area (Å²) in [5.41, 5.74) is 0. The van der Waals surface area contributed by atoms with Crippen LogP contribution in [0.4, 0.5) is 0 Å². The van der Waals surface area contributed by atoms with Crippen molar-refractivity contribution in [2.45, 2.75) is 31.8 Å². The van der Waals surface area contributed by atoms with Crippen molar-refractivity contribution in [3.05, 3.63) is 0 Å². The number of hydrogen-bond acceptors (Lipinski definition) is 4. The maximum Gasteiger partial charge on any atom is 0.191 e. The van der Waals surface area contributed by atoms with Gasteiger partial charge in [-0.25, -0.2) is 0 Å². The minimum Gasteiger partial charge on any atom is -0.355 e. The topological polar surface area (TPSA) is 46.1 Å². The van der Waals surface area contributed by atoms with Crippen LogP contribution < -0.4 is 10.6 Å². The van der Waals surface area contributed by atoms with Gasteiger partial charge in [0.15, 0.2) is 5.96 Å². The summed E-state index contributed by atoms with van der Waals surface area (Å²) in [5.74, 6) is 0.935. The molecule has 2 unspecified atom stereocenters. The fourth-order valence-electron chi connectivity index (χ4n) is 3.51. The van der Waals surface area contributed by atoms with Crippen LogP contribution in [0.25, 0.3) is 0 Å². The second-order valence-corrected chi connectivity index (χ2v) is 6.66. The van der Waals surface area contributed by atoms with Crippen LogP contribution in [0.5, 0.6) is 0 Å². The van der Waals surface area contributed by atoms with Crippen molar-refractivity contribution in [1.29, 1.82) is 0 Å². The second kappa shape index (κ2) is 10.7. The number of likely N-dealkylation sites (N-methyl/N-ethyl adjacent to an activating group) is 3. The Kier molecular flexibility index (Phi) is 9.72. The first-order valence-corrected chi connectivity index (χ1v) is 8.71. The van der Waals surface area contributed by atoms with Gasteiger partial charge >= 0.3 is 0 Å². The molecule has 0 amide bonds. The third-order valence-corrected chi connectivity index (χ3v) is 5.12. The number of piperazine rings is 1. The molecule has 0 bridgehead atoms. The van der Waals surface area contributed by atoms with E-state index in [-0.39, 0.29) is 24.0 Å². The highest BCUT2D eigenvalue weighted by molar-refractivity contribution is 14.0. The van der Waals surface area contributed by atoms with Crippen LogP contribution in [0, 0.1) is 0 Å². The number of nitrogens with zero attached hydrogens (tertiary/aromatic N) is 4. The number of rotatable bonds is 5. The molecule has 23 heavy (non-hydrogen) atoms. The van der Waals surface area contributed by atoms with E-state index in [2.05, 4.69) is 51.3 Å². The van der Waals surface area contributed by atoms with Gasteiger partial charge in [-0.3, -0.25) is 14.8 Å². The molecule has 0 saturated carbocycles. The molecular formula is C16H35IN6. The summed E-state index contributed by atoms with van der Waals surface area (Å²) in [5, 5.41) is 7.01. The highest BCUT2D eigenvalue weighted by atomic mass is 127. The highest BCUT2D eigenvalue weighted by Crippen LogP contribution is 2.15. The van der Waals surface area contributed by atoms with Gasteiger partial charge < -0.3 is 15.5 Å². The normalized spacial score (nSPS) is 27.7. The van der Waals surface area contributed by atoms with Crippen molar-refractivity contribution in [3.63, 3.8) is 0 Å². The maximum atomic E-state index is 4.37. The lowest BCUT2D eigenvalue weighted by Gasteiger charge is -2.38. The molecule has 2 atom stereocenters. The van der Waals surface area contributed by atoms with E-state index in [4.69, 9.17) is 0 Å². The number of guanidine groups is 1. The van der Waals surface area contributed by atoms with Crippen LogP contribution in [0.2, 0.25) is 0 Å². The van der Waals surface area contributed by atoms with E-state index in [1.54, 1.807) is 0 Å². The van der Waals surface area contributed by atoms with E-state index in [0.717, 1.165) is 45.2 Å². The van der Waals surface area contributed by atoms with Gasteiger partial charge in [0, 0.05) is 51.9 Å². The van der Waals surface area contributed by atoms with E-state index in [9.17, 15) is 0 Å². The van der Waals surface area contributed by atoms with Gasteiger partial charge in [-0.05, 0) is 40.0 Å². The first-order chi connectivity index (χ1) is 10.6. The molecule has 2 saturated heterocycles. The molecule has 2 fully saturated rings. The van der Waals surface area contributed by atoms with Crippen LogP contribution >= 0.6 is 24.0 Å². The minimum atomic E-state index is 0. The van der Waals surface area contributed by atoms with E-state index >= 15 is 0 Å². The zero-order valence-corrected chi connectivity index (χ0v) is 17.5. The SMILES string of the molecule is CCN1CCCC1CNC(=NC)NCC1CN(C)CCN1C.I. The standard InChI is InChI=1S/C16H34N6.HI/c1-5-22-8-6-7-14(22)11-18-16(17-2)19-12-15-13-20(3)9-10-21(15)4;/h14-15H,5-13H2,1-4H3,(H2,17,18,19);1H. The molecule has 2 heterocycles. The van der Waals surface area contributed by atoms with Crippen LogP contribution in [-0.4, -0.2) is 99.7 Å². The van der Waals surface area contributed by atoms with Gasteiger partial charge in [0.05, 0.1) is 0 Å². The average Bonchev–Trinajstić information content (AvgIpc) is 2.98. The summed E-state index contributed by atoms with van der Waals surface area (Å²) < 4.78 is 0. The second-order valence-electron chi connectivity index (χ2n) is 6.66. The molecule has 2 N–H and O–H groups in total. The molecule has 0 aromatic heterocycles. The van der Waals surface area contributed by atoms with Crippen LogP contribution in [0.1, 0.15) is 19.8 Å². The Morgan fingerprint density at radius 1 is 1.09 bits per heavy atom. The molecule has 0 aromatic rings. The van der Waals surface area contributed by atoms with Gasteiger partial charge in [-0.2, -0.15) is 0 Å². The quantitative estimate of drug-likeness (QED) is 0.372. The zero-order chi connectivity index (χ0) is 15.9. The van der Waals surface area contributed by atoms with Gasteiger partial charge in [0.2, 0.25) is 0 Å². The number of hydrogen-bond donors (Lipinski definition) is 2. The van der Waals surface area contributed by atoms with Crippen LogP contribution in [0.3, 0.4) is 0 Å². The third-order valence-electron chi connectivity index (χ3n) is 5.12. The van der Waals surface area contributed by atoms with Crippen molar-refractivity contribution in [1.82, 2.24) is 25.3 Å². The maximum absolute atomic E-state index is 4.37. The Bertz CT molecular complexity index is 364. The summed E-state index contributed by atoms with van der Waals surface area (Å²) in [4.78, 5) is 11.8. The van der Waals surface area contributed by atoms with Crippen LogP contribution in [0.15, 0.2) is 4.99 Å². The molecule has 6 nitrogen and oxygen atoms in total. The Morgan fingerprint density at radius 3 is 2.43 bits per heavy atom. The van der Waals surface area contributed by atoms with Crippen molar-refractivity contribution in [2.24, 2.45) is 4.99 Å². The Balaban J connectivity index is 0.00000264. The lowest BCUT2D eigenvalue weighted by Crippen LogP contribution is -2.55. The third kappa shape index (κ3) is 6.36. The summed E-state index contributed by atoms with van der Waals surface area (Å²) in [6, 6.07) is 1.21. The summed E-state index contributed by atoms with van der Waals surface area (Å²) in [7, 11) is 6.28. The van der Waals surface area contributed by atoms with Gasteiger partial charge in [-0.15, -0.1) is 24.0 Å². The van der Waals surface area contributed by atoms with Gasteiger partial charge in [0.25, 0.3) is 0 Å². The molecule has 7 heteroatoms. The molecule has 2 aliphatic heterocycles. The fraction of sp³-hybridized carbons (Fsp3) is 0.938. The molecule has 2 aliphatic rings. The Morgan fingerprint density at radius 2 is 1.78 bits per heavy atom. The average molecular weight is 438 g/mol. The lowest BCUT2D eigenvalue weighted by molar-refractivity contribution is 0.116. The number of nitrogens with one attached hydrogen (secondary N) is 2. The van der Waals surface area contributed by atoms with Crippen molar-refractivity contribution in [3.8, 4) is 0 Å². The predicted molar refractivity (Wildman–Crippen MR) is 109 cm³/mol. The molecule has 0 aromatic carbocycles. The summed E-state index contributed by atoms with van der Waals surface area (Å²) in [6.07, 6.45) is 2.62.